The Kier molecular flexibility index (Phi) is 4.55. The Hall–Kier alpha value is -0.890. The van der Waals surface area contributed by atoms with E-state index in [0.29, 0.717) is 6.04 Å². The van der Waals surface area contributed by atoms with Crippen molar-refractivity contribution in [3.63, 3.8) is 0 Å². The highest BCUT2D eigenvalue weighted by Gasteiger charge is 2.15. The summed E-state index contributed by atoms with van der Waals surface area (Å²) in [5, 5.41) is 3.40. The van der Waals surface area contributed by atoms with E-state index in [0.717, 1.165) is 18.2 Å². The molecule has 17 heavy (non-hydrogen) atoms. The van der Waals surface area contributed by atoms with Gasteiger partial charge in [-0.2, -0.15) is 0 Å². The third kappa shape index (κ3) is 3.81. The van der Waals surface area contributed by atoms with Crippen molar-refractivity contribution < 1.29 is 0 Å². The Bertz CT molecular complexity index is 323. The van der Waals surface area contributed by atoms with Gasteiger partial charge in [0.2, 0.25) is 0 Å². The number of rotatable bonds is 4. The number of nitrogens with zero attached hydrogens (tertiary/aromatic N) is 1. The first-order chi connectivity index (χ1) is 8.25. The summed E-state index contributed by atoms with van der Waals surface area (Å²) in [7, 11) is 0. The Balaban J connectivity index is 1.92. The lowest BCUT2D eigenvalue weighted by atomic mass is 9.85. The third-order valence-electron chi connectivity index (χ3n) is 3.62. The van der Waals surface area contributed by atoms with Crippen LogP contribution in [0.3, 0.4) is 0 Å². The molecule has 0 aliphatic heterocycles. The minimum atomic E-state index is 0.523. The molecule has 1 saturated carbocycles. The molecular formula is C15H24N2. The summed E-state index contributed by atoms with van der Waals surface area (Å²) in [6, 6.07) is 4.98. The molecule has 0 unspecified atom stereocenters. The first-order valence-corrected chi connectivity index (χ1v) is 6.94. The normalized spacial score (nSPS) is 17.6. The molecule has 1 N–H and O–H groups in total. The SMILES string of the molecule is CC(C)NCc1ccc(C2CCCCC2)cn1. The Morgan fingerprint density at radius 3 is 2.59 bits per heavy atom. The van der Waals surface area contributed by atoms with E-state index in [-0.39, 0.29) is 0 Å². The highest BCUT2D eigenvalue weighted by Crippen LogP contribution is 2.32. The molecule has 0 saturated heterocycles. The zero-order valence-electron chi connectivity index (χ0n) is 11.1. The lowest BCUT2D eigenvalue weighted by molar-refractivity contribution is 0.442. The van der Waals surface area contributed by atoms with Gasteiger partial charge in [-0.05, 0) is 30.4 Å². The lowest BCUT2D eigenvalue weighted by Gasteiger charge is -2.21. The van der Waals surface area contributed by atoms with Gasteiger partial charge in [-0.3, -0.25) is 4.98 Å². The molecule has 94 valence electrons. The van der Waals surface area contributed by atoms with Crippen LogP contribution in [0.25, 0.3) is 0 Å². The molecule has 1 aromatic rings. The van der Waals surface area contributed by atoms with Crippen LogP contribution in [0.4, 0.5) is 0 Å². The summed E-state index contributed by atoms with van der Waals surface area (Å²) in [4.78, 5) is 4.56. The van der Waals surface area contributed by atoms with Crippen LogP contribution < -0.4 is 5.32 Å². The lowest BCUT2D eigenvalue weighted by Crippen LogP contribution is -2.22. The van der Waals surface area contributed by atoms with Crippen LogP contribution in [0.2, 0.25) is 0 Å². The first-order valence-electron chi connectivity index (χ1n) is 6.94. The molecule has 0 radical (unpaired) electrons. The van der Waals surface area contributed by atoms with Gasteiger partial charge in [0.1, 0.15) is 0 Å². The molecule has 1 heterocycles. The second-order valence-corrected chi connectivity index (χ2v) is 5.45. The van der Waals surface area contributed by atoms with E-state index >= 15 is 0 Å². The summed E-state index contributed by atoms with van der Waals surface area (Å²) in [5.74, 6) is 0.767. The van der Waals surface area contributed by atoms with Gasteiger partial charge in [0, 0.05) is 18.8 Å². The molecule has 1 aliphatic rings. The smallest absolute Gasteiger partial charge is 0.0541 e. The van der Waals surface area contributed by atoms with E-state index < -0.39 is 0 Å². The highest BCUT2D eigenvalue weighted by atomic mass is 14.9. The van der Waals surface area contributed by atoms with Crippen molar-refractivity contribution in [3.05, 3.63) is 29.6 Å². The van der Waals surface area contributed by atoms with Gasteiger partial charge in [0.15, 0.2) is 0 Å². The molecule has 1 aliphatic carbocycles. The number of aromatic nitrogens is 1. The van der Waals surface area contributed by atoms with Crippen molar-refractivity contribution in [1.29, 1.82) is 0 Å². The van der Waals surface area contributed by atoms with Crippen LogP contribution in [-0.2, 0) is 6.54 Å². The maximum absolute atomic E-state index is 4.56. The number of pyridine rings is 1. The van der Waals surface area contributed by atoms with Crippen molar-refractivity contribution in [2.75, 3.05) is 0 Å². The standard InChI is InChI=1S/C15H24N2/c1-12(2)16-11-15-9-8-14(10-17-15)13-6-4-3-5-7-13/h8-10,12-13,16H,3-7,11H2,1-2H3. The average molecular weight is 232 g/mol. The monoisotopic (exact) mass is 232 g/mol. The Morgan fingerprint density at radius 1 is 1.24 bits per heavy atom. The minimum absolute atomic E-state index is 0.523. The quantitative estimate of drug-likeness (QED) is 0.857. The molecule has 2 rings (SSSR count). The Morgan fingerprint density at radius 2 is 2.00 bits per heavy atom. The van der Waals surface area contributed by atoms with Crippen LogP contribution in [0.5, 0.6) is 0 Å². The maximum Gasteiger partial charge on any atom is 0.0541 e. The second kappa shape index (κ2) is 6.15. The molecule has 1 fully saturated rings. The van der Waals surface area contributed by atoms with Crippen molar-refractivity contribution in [2.45, 2.75) is 64.5 Å². The van der Waals surface area contributed by atoms with Gasteiger partial charge in [-0.25, -0.2) is 0 Å². The van der Waals surface area contributed by atoms with Gasteiger partial charge in [-0.1, -0.05) is 39.2 Å². The average Bonchev–Trinajstić information content (AvgIpc) is 2.38. The largest absolute Gasteiger partial charge is 0.309 e. The number of hydrogen-bond donors (Lipinski definition) is 1. The minimum Gasteiger partial charge on any atom is -0.309 e. The summed E-state index contributed by atoms with van der Waals surface area (Å²) < 4.78 is 0. The highest BCUT2D eigenvalue weighted by molar-refractivity contribution is 5.18. The summed E-state index contributed by atoms with van der Waals surface area (Å²) in [6.07, 6.45) is 8.99. The zero-order valence-corrected chi connectivity index (χ0v) is 11.1. The molecule has 0 bridgehead atoms. The van der Waals surface area contributed by atoms with Crippen LogP contribution in [-0.4, -0.2) is 11.0 Å². The summed E-state index contributed by atoms with van der Waals surface area (Å²) in [5.41, 5.74) is 2.59. The molecule has 2 heteroatoms. The van der Waals surface area contributed by atoms with Crippen LogP contribution in [0.1, 0.15) is 63.1 Å². The molecule has 2 nitrogen and oxygen atoms in total. The van der Waals surface area contributed by atoms with Crippen molar-refractivity contribution >= 4 is 0 Å². The van der Waals surface area contributed by atoms with Gasteiger partial charge in [0.05, 0.1) is 5.69 Å². The summed E-state index contributed by atoms with van der Waals surface area (Å²) in [6.45, 7) is 5.20. The van der Waals surface area contributed by atoms with E-state index in [2.05, 4.69) is 42.5 Å². The fourth-order valence-corrected chi connectivity index (χ4v) is 2.53. The third-order valence-corrected chi connectivity index (χ3v) is 3.62. The van der Waals surface area contributed by atoms with E-state index in [1.807, 2.05) is 0 Å². The van der Waals surface area contributed by atoms with Crippen molar-refractivity contribution in [3.8, 4) is 0 Å². The molecule has 0 amide bonds. The molecule has 0 atom stereocenters. The van der Waals surface area contributed by atoms with Crippen LogP contribution in [0.15, 0.2) is 18.3 Å². The predicted molar refractivity (Wildman–Crippen MR) is 72.0 cm³/mol. The van der Waals surface area contributed by atoms with E-state index in [1.165, 1.54) is 37.7 Å². The predicted octanol–water partition coefficient (Wildman–Crippen LogP) is 3.63. The molecular weight excluding hydrogens is 208 g/mol. The second-order valence-electron chi connectivity index (χ2n) is 5.45. The molecule has 0 aromatic carbocycles. The topological polar surface area (TPSA) is 24.9 Å². The van der Waals surface area contributed by atoms with Crippen molar-refractivity contribution in [2.24, 2.45) is 0 Å². The van der Waals surface area contributed by atoms with E-state index in [4.69, 9.17) is 0 Å². The molecule has 1 aromatic heterocycles. The van der Waals surface area contributed by atoms with Crippen LogP contribution >= 0.6 is 0 Å². The fraction of sp³-hybridized carbons (Fsp3) is 0.667. The number of nitrogens with one attached hydrogen (secondary N) is 1. The molecule has 0 spiro atoms. The van der Waals surface area contributed by atoms with E-state index in [1.54, 1.807) is 0 Å². The van der Waals surface area contributed by atoms with Gasteiger partial charge < -0.3 is 5.32 Å². The van der Waals surface area contributed by atoms with Crippen LogP contribution in [0, 0.1) is 0 Å². The van der Waals surface area contributed by atoms with E-state index in [9.17, 15) is 0 Å². The van der Waals surface area contributed by atoms with Gasteiger partial charge in [0.25, 0.3) is 0 Å². The summed E-state index contributed by atoms with van der Waals surface area (Å²) >= 11 is 0. The van der Waals surface area contributed by atoms with Gasteiger partial charge in [-0.15, -0.1) is 0 Å². The zero-order chi connectivity index (χ0) is 12.1. The van der Waals surface area contributed by atoms with Gasteiger partial charge >= 0.3 is 0 Å². The van der Waals surface area contributed by atoms with Crippen molar-refractivity contribution in [1.82, 2.24) is 10.3 Å². The first kappa shape index (κ1) is 12.6. The number of hydrogen-bond acceptors (Lipinski definition) is 2. The fourth-order valence-electron chi connectivity index (χ4n) is 2.53. The Labute approximate surface area is 105 Å². The maximum atomic E-state index is 4.56.